The maximum atomic E-state index is 5.64. The van der Waals surface area contributed by atoms with Crippen LogP contribution in [-0.2, 0) is 6.61 Å². The first-order chi connectivity index (χ1) is 8.38. The molecule has 0 atom stereocenters. The second-order valence-corrected chi connectivity index (χ2v) is 3.66. The van der Waals surface area contributed by atoms with Gasteiger partial charge in [0.15, 0.2) is 0 Å². The summed E-state index contributed by atoms with van der Waals surface area (Å²) >= 11 is 4.57. The van der Waals surface area contributed by atoms with Crippen molar-refractivity contribution in [3.05, 3.63) is 60.2 Å². The van der Waals surface area contributed by atoms with Crippen molar-refractivity contribution in [1.82, 2.24) is 0 Å². The number of para-hydroxylation sites is 1. The number of isothiocyanates is 1. The molecule has 0 N–H and O–H groups in total. The SMILES string of the molecule is S=C=Nc1cccc(COc2ccccc2)c1. The minimum Gasteiger partial charge on any atom is -0.489 e. The fourth-order valence-corrected chi connectivity index (χ4v) is 1.56. The van der Waals surface area contributed by atoms with Gasteiger partial charge in [-0.2, -0.15) is 4.99 Å². The van der Waals surface area contributed by atoms with E-state index in [0.29, 0.717) is 6.61 Å². The molecule has 0 saturated carbocycles. The van der Waals surface area contributed by atoms with Gasteiger partial charge in [0.25, 0.3) is 0 Å². The van der Waals surface area contributed by atoms with Crippen LogP contribution in [-0.4, -0.2) is 5.16 Å². The van der Waals surface area contributed by atoms with Gasteiger partial charge in [0.05, 0.1) is 10.8 Å². The smallest absolute Gasteiger partial charge is 0.119 e. The lowest BCUT2D eigenvalue weighted by atomic mass is 10.2. The highest BCUT2D eigenvalue weighted by atomic mass is 32.1. The molecular weight excluding hydrogens is 230 g/mol. The van der Waals surface area contributed by atoms with E-state index < -0.39 is 0 Å². The second kappa shape index (κ2) is 5.94. The van der Waals surface area contributed by atoms with E-state index in [0.717, 1.165) is 17.0 Å². The molecule has 84 valence electrons. The maximum absolute atomic E-state index is 5.64. The minimum atomic E-state index is 0.519. The van der Waals surface area contributed by atoms with Gasteiger partial charge >= 0.3 is 0 Å². The molecule has 0 aliphatic heterocycles. The molecule has 0 amide bonds. The van der Waals surface area contributed by atoms with Gasteiger partial charge in [0, 0.05) is 0 Å². The molecule has 0 aliphatic rings. The van der Waals surface area contributed by atoms with Gasteiger partial charge < -0.3 is 4.74 Å². The van der Waals surface area contributed by atoms with Crippen LogP contribution in [0.2, 0.25) is 0 Å². The summed E-state index contributed by atoms with van der Waals surface area (Å²) in [6.45, 7) is 0.519. The van der Waals surface area contributed by atoms with Crippen LogP contribution in [0, 0.1) is 0 Å². The quantitative estimate of drug-likeness (QED) is 0.596. The third-order valence-electron chi connectivity index (χ3n) is 2.23. The van der Waals surface area contributed by atoms with E-state index in [1.165, 1.54) is 0 Å². The summed E-state index contributed by atoms with van der Waals surface area (Å²) in [5, 5.41) is 2.35. The summed E-state index contributed by atoms with van der Waals surface area (Å²) in [5.41, 5.74) is 1.86. The Balaban J connectivity index is 2.04. The Hall–Kier alpha value is -1.96. The molecule has 0 aliphatic carbocycles. The standard InChI is InChI=1S/C14H11NOS/c17-11-15-13-6-4-5-12(9-13)10-16-14-7-2-1-3-8-14/h1-9H,10H2. The third-order valence-corrected chi connectivity index (χ3v) is 2.33. The molecule has 2 aromatic rings. The van der Waals surface area contributed by atoms with Crippen LogP contribution in [0.4, 0.5) is 5.69 Å². The van der Waals surface area contributed by atoms with Crippen molar-refractivity contribution in [2.24, 2.45) is 4.99 Å². The Labute approximate surface area is 106 Å². The van der Waals surface area contributed by atoms with Crippen molar-refractivity contribution in [2.75, 3.05) is 0 Å². The van der Waals surface area contributed by atoms with Gasteiger partial charge in [0.1, 0.15) is 12.4 Å². The lowest BCUT2D eigenvalue weighted by Gasteiger charge is -2.06. The first-order valence-electron chi connectivity index (χ1n) is 5.23. The van der Waals surface area contributed by atoms with Gasteiger partial charge in [0.2, 0.25) is 0 Å². The Kier molecular flexibility index (Phi) is 4.03. The molecule has 3 heteroatoms. The average Bonchev–Trinajstić information content (AvgIpc) is 2.39. The highest BCUT2D eigenvalue weighted by Crippen LogP contribution is 2.16. The summed E-state index contributed by atoms with van der Waals surface area (Å²) in [6.07, 6.45) is 0. The number of ether oxygens (including phenoxy) is 1. The summed E-state index contributed by atoms with van der Waals surface area (Å²) in [5.74, 6) is 0.858. The molecule has 0 spiro atoms. The van der Waals surface area contributed by atoms with Crippen molar-refractivity contribution in [2.45, 2.75) is 6.61 Å². The molecule has 2 nitrogen and oxygen atoms in total. The predicted octanol–water partition coefficient (Wildman–Crippen LogP) is 4.00. The molecule has 2 aromatic carbocycles. The minimum absolute atomic E-state index is 0.519. The number of thiocarbonyl (C=S) groups is 1. The van der Waals surface area contributed by atoms with Crippen molar-refractivity contribution >= 4 is 23.1 Å². The van der Waals surface area contributed by atoms with E-state index in [1.807, 2.05) is 54.6 Å². The molecule has 0 heterocycles. The lowest BCUT2D eigenvalue weighted by molar-refractivity contribution is 0.306. The van der Waals surface area contributed by atoms with Crippen molar-refractivity contribution in [3.63, 3.8) is 0 Å². The van der Waals surface area contributed by atoms with Crippen LogP contribution in [0.25, 0.3) is 0 Å². The molecule has 2 rings (SSSR count). The van der Waals surface area contributed by atoms with Gasteiger partial charge in [-0.1, -0.05) is 30.3 Å². The summed E-state index contributed by atoms with van der Waals surface area (Å²) in [4.78, 5) is 3.93. The predicted molar refractivity (Wildman–Crippen MR) is 71.9 cm³/mol. The van der Waals surface area contributed by atoms with Crippen LogP contribution >= 0.6 is 12.2 Å². The highest BCUT2D eigenvalue weighted by Gasteiger charge is 1.96. The first kappa shape index (κ1) is 11.5. The second-order valence-electron chi connectivity index (χ2n) is 3.47. The number of nitrogens with zero attached hydrogens (tertiary/aromatic N) is 1. The molecule has 0 aromatic heterocycles. The van der Waals surface area contributed by atoms with Gasteiger partial charge in [-0.3, -0.25) is 0 Å². The van der Waals surface area contributed by atoms with Crippen LogP contribution in [0.1, 0.15) is 5.56 Å². The molecule has 17 heavy (non-hydrogen) atoms. The zero-order valence-electron chi connectivity index (χ0n) is 9.17. The fraction of sp³-hybridized carbons (Fsp3) is 0.0714. The van der Waals surface area contributed by atoms with Crippen molar-refractivity contribution < 1.29 is 4.74 Å². The van der Waals surface area contributed by atoms with Crippen molar-refractivity contribution in [3.8, 4) is 5.75 Å². The molecule has 0 fully saturated rings. The van der Waals surface area contributed by atoms with E-state index >= 15 is 0 Å². The van der Waals surface area contributed by atoms with Gasteiger partial charge in [-0.25, -0.2) is 0 Å². The molecule has 0 radical (unpaired) electrons. The number of aliphatic imine (C=N–C) groups is 1. The summed E-state index contributed by atoms with van der Waals surface area (Å²) < 4.78 is 5.64. The number of benzene rings is 2. The summed E-state index contributed by atoms with van der Waals surface area (Å²) in [6, 6.07) is 17.4. The van der Waals surface area contributed by atoms with E-state index in [-0.39, 0.29) is 0 Å². The lowest BCUT2D eigenvalue weighted by Crippen LogP contribution is -1.94. The number of rotatable bonds is 4. The molecule has 0 saturated heterocycles. The third kappa shape index (κ3) is 3.52. The van der Waals surface area contributed by atoms with Gasteiger partial charge in [-0.05, 0) is 42.0 Å². The van der Waals surface area contributed by atoms with E-state index in [9.17, 15) is 0 Å². The molecular formula is C14H11NOS. The number of hydrogen-bond donors (Lipinski definition) is 0. The fourth-order valence-electron chi connectivity index (χ4n) is 1.45. The Morgan fingerprint density at radius 3 is 2.65 bits per heavy atom. The van der Waals surface area contributed by atoms with Crippen LogP contribution in [0.3, 0.4) is 0 Å². The first-order valence-corrected chi connectivity index (χ1v) is 5.64. The average molecular weight is 241 g/mol. The Bertz CT molecular complexity index is 533. The molecule has 0 unspecified atom stereocenters. The van der Waals surface area contributed by atoms with E-state index in [2.05, 4.69) is 22.4 Å². The largest absolute Gasteiger partial charge is 0.489 e. The normalized spacial score (nSPS) is 9.41. The monoisotopic (exact) mass is 241 g/mol. The van der Waals surface area contributed by atoms with Crippen molar-refractivity contribution in [1.29, 1.82) is 0 Å². The molecule has 0 bridgehead atoms. The van der Waals surface area contributed by atoms with Crippen LogP contribution in [0.5, 0.6) is 5.75 Å². The summed E-state index contributed by atoms with van der Waals surface area (Å²) in [7, 11) is 0. The van der Waals surface area contributed by atoms with E-state index in [4.69, 9.17) is 4.74 Å². The topological polar surface area (TPSA) is 21.6 Å². The number of hydrogen-bond acceptors (Lipinski definition) is 3. The van der Waals surface area contributed by atoms with E-state index in [1.54, 1.807) is 0 Å². The van der Waals surface area contributed by atoms with Crippen LogP contribution < -0.4 is 4.74 Å². The van der Waals surface area contributed by atoms with Crippen LogP contribution in [0.15, 0.2) is 59.6 Å². The highest BCUT2D eigenvalue weighted by molar-refractivity contribution is 7.78. The Morgan fingerprint density at radius 1 is 1.06 bits per heavy atom. The maximum Gasteiger partial charge on any atom is 0.119 e. The zero-order valence-corrected chi connectivity index (χ0v) is 9.98. The Morgan fingerprint density at radius 2 is 1.88 bits per heavy atom. The zero-order chi connectivity index (χ0) is 11.9. The van der Waals surface area contributed by atoms with Gasteiger partial charge in [-0.15, -0.1) is 0 Å².